The average Bonchev–Trinajstić information content (AvgIpc) is 2.32. The summed E-state index contributed by atoms with van der Waals surface area (Å²) in [4.78, 5) is 11.4. The maximum Gasteiger partial charge on any atom is 0.323 e. The zero-order valence-corrected chi connectivity index (χ0v) is 13.0. The molecule has 0 aliphatic carbocycles. The van der Waals surface area contributed by atoms with Crippen molar-refractivity contribution < 1.29 is 14.6 Å². The summed E-state index contributed by atoms with van der Waals surface area (Å²) < 4.78 is 5.74. The van der Waals surface area contributed by atoms with Crippen molar-refractivity contribution in [2.75, 3.05) is 6.61 Å². The van der Waals surface area contributed by atoms with Crippen molar-refractivity contribution in [1.29, 1.82) is 0 Å². The second-order valence-electron chi connectivity index (χ2n) is 5.80. The summed E-state index contributed by atoms with van der Waals surface area (Å²) in [7, 11) is 0. The third-order valence-corrected chi connectivity index (χ3v) is 3.28. The zero-order valence-electron chi connectivity index (χ0n) is 13.0. The Morgan fingerprint density at radius 1 is 1.40 bits per heavy atom. The maximum absolute atomic E-state index is 11.4. The molecule has 4 heteroatoms. The van der Waals surface area contributed by atoms with Gasteiger partial charge in [-0.25, -0.2) is 0 Å². The second kappa shape index (κ2) is 6.75. The van der Waals surface area contributed by atoms with Crippen molar-refractivity contribution in [2.24, 2.45) is 0 Å². The molecule has 1 unspecified atom stereocenters. The summed E-state index contributed by atoms with van der Waals surface area (Å²) >= 11 is 0. The number of nitrogens with one attached hydrogen (secondary N) is 1. The standard InChI is InChI=1S/C16H25NO3/c1-11(2)17-16(5,15(18)19)8-9-20-14-10-12(3)6-7-13(14)4/h6-7,10-11,17H,8-9H2,1-5H3,(H,18,19). The van der Waals surface area contributed by atoms with Crippen LogP contribution in [0.3, 0.4) is 0 Å². The van der Waals surface area contributed by atoms with Gasteiger partial charge in [-0.3, -0.25) is 10.1 Å². The molecule has 0 bridgehead atoms. The Labute approximate surface area is 121 Å². The number of benzene rings is 1. The highest BCUT2D eigenvalue weighted by atomic mass is 16.5. The van der Waals surface area contributed by atoms with E-state index in [9.17, 15) is 9.90 Å². The number of hydrogen-bond acceptors (Lipinski definition) is 3. The fraction of sp³-hybridized carbons (Fsp3) is 0.562. The number of carboxylic acids is 1. The molecule has 0 amide bonds. The minimum atomic E-state index is -0.966. The number of rotatable bonds is 7. The van der Waals surface area contributed by atoms with Crippen LogP contribution in [0.4, 0.5) is 0 Å². The molecule has 0 aromatic heterocycles. The lowest BCUT2D eigenvalue weighted by molar-refractivity contribution is -0.145. The molecule has 1 aromatic carbocycles. The van der Waals surface area contributed by atoms with Gasteiger partial charge < -0.3 is 9.84 Å². The van der Waals surface area contributed by atoms with E-state index in [1.165, 1.54) is 0 Å². The van der Waals surface area contributed by atoms with Crippen LogP contribution < -0.4 is 10.1 Å². The van der Waals surface area contributed by atoms with Gasteiger partial charge in [-0.05, 0) is 51.8 Å². The minimum Gasteiger partial charge on any atom is -0.493 e. The molecule has 0 saturated carbocycles. The molecule has 0 aliphatic rings. The van der Waals surface area contributed by atoms with Gasteiger partial charge in [-0.15, -0.1) is 0 Å². The van der Waals surface area contributed by atoms with Gasteiger partial charge in [-0.2, -0.15) is 0 Å². The summed E-state index contributed by atoms with van der Waals surface area (Å²) in [5, 5.41) is 12.4. The average molecular weight is 279 g/mol. The van der Waals surface area contributed by atoms with Gasteiger partial charge in [0.2, 0.25) is 0 Å². The lowest BCUT2D eigenvalue weighted by Crippen LogP contribution is -2.53. The van der Waals surface area contributed by atoms with Crippen LogP contribution in [-0.2, 0) is 4.79 Å². The van der Waals surface area contributed by atoms with Crippen molar-refractivity contribution >= 4 is 5.97 Å². The Hall–Kier alpha value is -1.55. The van der Waals surface area contributed by atoms with Crippen LogP contribution in [0.2, 0.25) is 0 Å². The summed E-state index contributed by atoms with van der Waals surface area (Å²) in [5.41, 5.74) is 1.22. The Bertz CT molecular complexity index is 471. The van der Waals surface area contributed by atoms with E-state index in [-0.39, 0.29) is 6.04 Å². The minimum absolute atomic E-state index is 0.108. The third-order valence-electron chi connectivity index (χ3n) is 3.28. The molecular formula is C16H25NO3. The molecule has 0 heterocycles. The first-order valence-corrected chi connectivity index (χ1v) is 6.96. The number of ether oxygens (including phenoxy) is 1. The molecule has 2 N–H and O–H groups in total. The smallest absolute Gasteiger partial charge is 0.323 e. The van der Waals surface area contributed by atoms with Crippen LogP contribution in [0.25, 0.3) is 0 Å². The van der Waals surface area contributed by atoms with Crippen LogP contribution >= 0.6 is 0 Å². The molecule has 0 spiro atoms. The largest absolute Gasteiger partial charge is 0.493 e. The van der Waals surface area contributed by atoms with E-state index in [4.69, 9.17) is 4.74 Å². The predicted octanol–water partition coefficient (Wildman–Crippen LogP) is 2.91. The SMILES string of the molecule is Cc1ccc(C)c(OCCC(C)(NC(C)C)C(=O)O)c1. The summed E-state index contributed by atoms with van der Waals surface area (Å²) in [6.45, 7) is 9.93. The Morgan fingerprint density at radius 2 is 2.05 bits per heavy atom. The molecule has 0 radical (unpaired) electrons. The first kappa shape index (κ1) is 16.5. The van der Waals surface area contributed by atoms with Crippen molar-refractivity contribution in [2.45, 2.75) is 52.6 Å². The first-order valence-electron chi connectivity index (χ1n) is 6.96. The molecule has 20 heavy (non-hydrogen) atoms. The van der Waals surface area contributed by atoms with Crippen LogP contribution in [-0.4, -0.2) is 29.3 Å². The van der Waals surface area contributed by atoms with Gasteiger partial charge in [0.1, 0.15) is 11.3 Å². The quantitative estimate of drug-likeness (QED) is 0.805. The van der Waals surface area contributed by atoms with Crippen molar-refractivity contribution in [3.8, 4) is 5.75 Å². The van der Waals surface area contributed by atoms with Crippen molar-refractivity contribution in [3.63, 3.8) is 0 Å². The Balaban J connectivity index is 2.65. The lowest BCUT2D eigenvalue weighted by atomic mass is 9.97. The number of aryl methyl sites for hydroxylation is 2. The molecule has 0 aliphatic heterocycles. The molecule has 0 saturated heterocycles. The van der Waals surface area contributed by atoms with Crippen LogP contribution in [0.5, 0.6) is 5.75 Å². The van der Waals surface area contributed by atoms with Gasteiger partial charge in [0.05, 0.1) is 6.61 Å². The molecule has 1 aromatic rings. The number of aliphatic carboxylic acids is 1. The van der Waals surface area contributed by atoms with Crippen LogP contribution in [0, 0.1) is 13.8 Å². The second-order valence-corrected chi connectivity index (χ2v) is 5.80. The fourth-order valence-corrected chi connectivity index (χ4v) is 2.11. The summed E-state index contributed by atoms with van der Waals surface area (Å²) in [5.74, 6) is -0.0296. The number of carboxylic acid groups (broad SMARTS) is 1. The topological polar surface area (TPSA) is 58.6 Å². The van der Waals surface area contributed by atoms with Crippen LogP contribution in [0.1, 0.15) is 38.3 Å². The molecule has 1 atom stereocenters. The monoisotopic (exact) mass is 279 g/mol. The lowest BCUT2D eigenvalue weighted by Gasteiger charge is -2.28. The molecule has 1 rings (SSSR count). The van der Waals surface area contributed by atoms with E-state index in [2.05, 4.69) is 5.32 Å². The summed E-state index contributed by atoms with van der Waals surface area (Å²) in [6, 6.07) is 6.12. The fourth-order valence-electron chi connectivity index (χ4n) is 2.11. The third kappa shape index (κ3) is 4.53. The van der Waals surface area contributed by atoms with E-state index in [1.54, 1.807) is 6.92 Å². The highest BCUT2D eigenvalue weighted by molar-refractivity contribution is 5.78. The molecular weight excluding hydrogens is 254 g/mol. The van der Waals surface area contributed by atoms with E-state index in [1.807, 2.05) is 45.9 Å². The van der Waals surface area contributed by atoms with Gasteiger partial charge in [0, 0.05) is 12.5 Å². The van der Waals surface area contributed by atoms with E-state index in [0.29, 0.717) is 13.0 Å². The van der Waals surface area contributed by atoms with Crippen molar-refractivity contribution in [1.82, 2.24) is 5.32 Å². The Morgan fingerprint density at radius 3 is 2.60 bits per heavy atom. The highest BCUT2D eigenvalue weighted by Crippen LogP contribution is 2.20. The number of hydrogen-bond donors (Lipinski definition) is 2. The normalized spacial score (nSPS) is 14.1. The maximum atomic E-state index is 11.4. The van der Waals surface area contributed by atoms with E-state index >= 15 is 0 Å². The first-order chi connectivity index (χ1) is 9.24. The predicted molar refractivity (Wildman–Crippen MR) is 80.3 cm³/mol. The van der Waals surface area contributed by atoms with Crippen molar-refractivity contribution in [3.05, 3.63) is 29.3 Å². The van der Waals surface area contributed by atoms with Gasteiger partial charge in [0.15, 0.2) is 0 Å². The highest BCUT2D eigenvalue weighted by Gasteiger charge is 2.33. The summed E-state index contributed by atoms with van der Waals surface area (Å²) in [6.07, 6.45) is 0.411. The molecule has 112 valence electrons. The Kier molecular flexibility index (Phi) is 5.57. The molecule has 4 nitrogen and oxygen atoms in total. The van der Waals surface area contributed by atoms with Gasteiger partial charge in [0.25, 0.3) is 0 Å². The van der Waals surface area contributed by atoms with Gasteiger partial charge >= 0.3 is 5.97 Å². The van der Waals surface area contributed by atoms with E-state index in [0.717, 1.165) is 16.9 Å². The van der Waals surface area contributed by atoms with E-state index < -0.39 is 11.5 Å². The number of carbonyl (C=O) groups is 1. The van der Waals surface area contributed by atoms with Crippen LogP contribution in [0.15, 0.2) is 18.2 Å². The zero-order chi connectivity index (χ0) is 15.3. The van der Waals surface area contributed by atoms with Gasteiger partial charge in [-0.1, -0.05) is 12.1 Å². The molecule has 0 fully saturated rings.